The van der Waals surface area contributed by atoms with E-state index >= 15 is 0 Å². The molecule has 186 valence electrons. The molecule has 0 bridgehead atoms. The average molecular weight is 473 g/mol. The third kappa shape index (κ3) is 9.14. The Morgan fingerprint density at radius 2 is 1.85 bits per heavy atom. The Balaban J connectivity index is 3.38. The van der Waals surface area contributed by atoms with Crippen molar-refractivity contribution in [2.45, 2.75) is 84.5 Å². The van der Waals surface area contributed by atoms with Gasteiger partial charge in [0.2, 0.25) is 11.8 Å². The predicted octanol–water partition coefficient (Wildman–Crippen LogP) is 2.53. The second-order valence-corrected chi connectivity index (χ2v) is 9.22. The number of carbonyl (C=O) groups excluding carboxylic acids is 4. The van der Waals surface area contributed by atoms with Crippen LogP contribution in [-0.4, -0.2) is 46.4 Å². The van der Waals surface area contributed by atoms with Gasteiger partial charge in [-0.2, -0.15) is 0 Å². The van der Waals surface area contributed by atoms with Gasteiger partial charge in [0.1, 0.15) is 17.7 Å². The van der Waals surface area contributed by atoms with Crippen LogP contribution in [-0.2, 0) is 19.1 Å². The third-order valence-electron chi connectivity index (χ3n) is 4.75. The molecule has 0 aliphatic carbocycles. The van der Waals surface area contributed by atoms with Crippen molar-refractivity contribution in [2.75, 3.05) is 0 Å². The van der Waals surface area contributed by atoms with Crippen LogP contribution in [0.25, 0.3) is 0 Å². The maximum atomic E-state index is 13.5. The fourth-order valence-electron chi connectivity index (χ4n) is 3.37. The molecule has 9 nitrogen and oxygen atoms in total. The zero-order chi connectivity index (χ0) is 26.1. The Hall–Kier alpha value is -3.54. The standard InChI is InChI=1S/C25H36N4O5/c1-8-11-17(4)27-22(31)21(18-13-10-12-16(3)14-18)29(9-2)23(32)19(15-20(26)30)28-24(33)34-25(5,6)7/h2,10,12-14,17,19,21H,8,11,15H2,1,3-7H3,(H2,26,30)(H,27,31)(H,28,33). The van der Waals surface area contributed by atoms with Crippen molar-refractivity contribution in [2.24, 2.45) is 5.73 Å². The number of carbonyl (C=O) groups is 4. The van der Waals surface area contributed by atoms with Gasteiger partial charge in [0.05, 0.1) is 6.42 Å². The molecule has 9 heteroatoms. The highest BCUT2D eigenvalue weighted by Crippen LogP contribution is 2.24. The predicted molar refractivity (Wildman–Crippen MR) is 129 cm³/mol. The maximum Gasteiger partial charge on any atom is 0.408 e. The van der Waals surface area contributed by atoms with Gasteiger partial charge in [0.15, 0.2) is 0 Å². The summed E-state index contributed by atoms with van der Waals surface area (Å²) in [5.74, 6) is -2.15. The number of hydrogen-bond acceptors (Lipinski definition) is 5. The lowest BCUT2D eigenvalue weighted by Crippen LogP contribution is -2.53. The molecule has 3 atom stereocenters. The highest BCUT2D eigenvalue weighted by Gasteiger charge is 2.37. The van der Waals surface area contributed by atoms with Gasteiger partial charge < -0.3 is 21.1 Å². The first-order valence-corrected chi connectivity index (χ1v) is 11.2. The normalized spacial score (nSPS) is 13.6. The molecule has 0 radical (unpaired) electrons. The smallest absolute Gasteiger partial charge is 0.408 e. The van der Waals surface area contributed by atoms with Crippen LogP contribution in [0.4, 0.5) is 4.79 Å². The number of nitrogens with one attached hydrogen (secondary N) is 2. The van der Waals surface area contributed by atoms with Gasteiger partial charge in [-0.15, -0.1) is 0 Å². The average Bonchev–Trinajstić information content (AvgIpc) is 2.69. The minimum absolute atomic E-state index is 0.152. The minimum Gasteiger partial charge on any atom is -0.444 e. The number of primary amides is 1. The van der Waals surface area contributed by atoms with Gasteiger partial charge in [0.25, 0.3) is 5.91 Å². The molecule has 34 heavy (non-hydrogen) atoms. The number of hydrogen-bond donors (Lipinski definition) is 3. The number of amides is 4. The van der Waals surface area contributed by atoms with Gasteiger partial charge >= 0.3 is 6.09 Å². The summed E-state index contributed by atoms with van der Waals surface area (Å²) in [6.45, 7) is 10.7. The van der Waals surface area contributed by atoms with Crippen LogP contribution in [0, 0.1) is 19.4 Å². The van der Waals surface area contributed by atoms with E-state index < -0.39 is 47.9 Å². The Labute approximate surface area is 201 Å². The fourth-order valence-corrected chi connectivity index (χ4v) is 3.37. The molecule has 0 spiro atoms. The van der Waals surface area contributed by atoms with E-state index in [4.69, 9.17) is 16.9 Å². The number of alkyl carbamates (subject to hydrolysis) is 1. The van der Waals surface area contributed by atoms with E-state index in [1.54, 1.807) is 39.0 Å². The first-order chi connectivity index (χ1) is 15.8. The maximum absolute atomic E-state index is 13.5. The molecule has 0 aromatic heterocycles. The lowest BCUT2D eigenvalue weighted by Gasteiger charge is -2.31. The van der Waals surface area contributed by atoms with E-state index in [0.717, 1.165) is 23.3 Å². The van der Waals surface area contributed by atoms with Gasteiger partial charge in [-0.25, -0.2) is 4.79 Å². The Kier molecular flexibility index (Phi) is 10.6. The van der Waals surface area contributed by atoms with Crippen molar-refractivity contribution in [3.63, 3.8) is 0 Å². The van der Waals surface area contributed by atoms with Crippen LogP contribution in [0.5, 0.6) is 0 Å². The van der Waals surface area contributed by atoms with Crippen molar-refractivity contribution in [1.29, 1.82) is 0 Å². The Bertz CT molecular complexity index is 932. The summed E-state index contributed by atoms with van der Waals surface area (Å²) < 4.78 is 5.20. The summed E-state index contributed by atoms with van der Waals surface area (Å²) in [5, 5.41) is 5.24. The SMILES string of the molecule is C#CN(C(=O)C(CC(N)=O)NC(=O)OC(C)(C)C)C(C(=O)NC(C)CCC)c1cccc(C)c1. The van der Waals surface area contributed by atoms with Crippen LogP contribution in [0.3, 0.4) is 0 Å². The number of ether oxygens (including phenoxy) is 1. The lowest BCUT2D eigenvalue weighted by atomic mass is 10.0. The van der Waals surface area contributed by atoms with E-state index in [-0.39, 0.29) is 6.04 Å². The molecule has 0 saturated carbocycles. The van der Waals surface area contributed by atoms with Crippen molar-refractivity contribution < 1.29 is 23.9 Å². The third-order valence-corrected chi connectivity index (χ3v) is 4.75. The van der Waals surface area contributed by atoms with Crippen molar-refractivity contribution in [1.82, 2.24) is 15.5 Å². The molecule has 0 fully saturated rings. The number of rotatable bonds is 10. The summed E-state index contributed by atoms with van der Waals surface area (Å²) in [5.41, 5.74) is 5.82. The number of benzene rings is 1. The molecule has 0 aliphatic heterocycles. The highest BCUT2D eigenvalue weighted by molar-refractivity contribution is 5.95. The molecule has 1 rings (SSSR count). The van der Waals surface area contributed by atoms with Crippen molar-refractivity contribution in [3.8, 4) is 12.5 Å². The molecular formula is C25H36N4O5. The molecule has 3 unspecified atom stereocenters. The topological polar surface area (TPSA) is 131 Å². The first kappa shape index (κ1) is 28.5. The number of nitrogens with zero attached hydrogens (tertiary/aromatic N) is 1. The monoisotopic (exact) mass is 472 g/mol. The van der Waals surface area contributed by atoms with Crippen LogP contribution in [0.1, 0.15) is 71.0 Å². The van der Waals surface area contributed by atoms with Crippen molar-refractivity contribution in [3.05, 3.63) is 35.4 Å². The summed E-state index contributed by atoms with van der Waals surface area (Å²) in [4.78, 5) is 51.6. The van der Waals surface area contributed by atoms with E-state index in [0.29, 0.717) is 5.56 Å². The Morgan fingerprint density at radius 1 is 1.21 bits per heavy atom. The second-order valence-electron chi connectivity index (χ2n) is 9.22. The molecule has 4 amide bonds. The van der Waals surface area contributed by atoms with Crippen LogP contribution < -0.4 is 16.4 Å². The summed E-state index contributed by atoms with van der Waals surface area (Å²) in [6.07, 6.45) is 5.84. The second kappa shape index (κ2) is 12.6. The quantitative estimate of drug-likeness (QED) is 0.356. The fraction of sp³-hybridized carbons (Fsp3) is 0.520. The van der Waals surface area contributed by atoms with Crippen LogP contribution in [0.15, 0.2) is 24.3 Å². The number of aryl methyl sites for hydroxylation is 1. The highest BCUT2D eigenvalue weighted by atomic mass is 16.6. The van der Waals surface area contributed by atoms with E-state index in [1.165, 1.54) is 0 Å². The van der Waals surface area contributed by atoms with Gasteiger partial charge in [-0.05, 0) is 46.6 Å². The molecule has 1 aromatic carbocycles. The van der Waals surface area contributed by atoms with Gasteiger partial charge in [0, 0.05) is 12.1 Å². The zero-order valence-electron chi connectivity index (χ0n) is 20.8. The lowest BCUT2D eigenvalue weighted by molar-refractivity contribution is -0.139. The number of terminal acetylenes is 1. The van der Waals surface area contributed by atoms with E-state index in [2.05, 4.69) is 16.7 Å². The number of nitrogens with two attached hydrogens (primary N) is 1. The van der Waals surface area contributed by atoms with Crippen molar-refractivity contribution >= 4 is 23.8 Å². The molecule has 0 aliphatic rings. The molecular weight excluding hydrogens is 436 g/mol. The minimum atomic E-state index is -1.42. The van der Waals surface area contributed by atoms with Crippen LogP contribution >= 0.6 is 0 Å². The molecule has 0 heterocycles. The molecule has 0 saturated heterocycles. The van der Waals surface area contributed by atoms with E-state index in [9.17, 15) is 19.2 Å². The molecule has 1 aromatic rings. The van der Waals surface area contributed by atoms with Crippen LogP contribution in [0.2, 0.25) is 0 Å². The zero-order valence-corrected chi connectivity index (χ0v) is 20.8. The summed E-state index contributed by atoms with van der Waals surface area (Å²) in [7, 11) is 0. The molecule has 4 N–H and O–H groups in total. The Morgan fingerprint density at radius 3 is 2.35 bits per heavy atom. The first-order valence-electron chi connectivity index (χ1n) is 11.2. The van der Waals surface area contributed by atoms with Gasteiger partial charge in [-0.1, -0.05) is 49.6 Å². The van der Waals surface area contributed by atoms with E-state index in [1.807, 2.05) is 26.8 Å². The summed E-state index contributed by atoms with van der Waals surface area (Å²) in [6, 6.07) is 6.53. The largest absolute Gasteiger partial charge is 0.444 e. The summed E-state index contributed by atoms with van der Waals surface area (Å²) >= 11 is 0. The van der Waals surface area contributed by atoms with Gasteiger partial charge in [-0.3, -0.25) is 19.3 Å².